The molecule has 0 bridgehead atoms. The zero-order chi connectivity index (χ0) is 21.4. The maximum Gasteiger partial charge on any atom is 0.411 e. The van der Waals surface area contributed by atoms with E-state index in [4.69, 9.17) is 14.3 Å². The fraction of sp³-hybridized carbons (Fsp3) is 0.526. The van der Waals surface area contributed by atoms with E-state index >= 15 is 0 Å². The second-order valence-corrected chi connectivity index (χ2v) is 8.15. The lowest BCUT2D eigenvalue weighted by Crippen LogP contribution is -2.44. The number of hydrogen-bond acceptors (Lipinski definition) is 8. The number of nitrogens with zero attached hydrogens (tertiary/aromatic N) is 3. The SMILES string of the molecule is COC(=O)[C@@H]1C[C@]2(CC(c3cccc([N+](=O)[O-])c3)=NO2)CN1C(=O)OC(C)(C)C. The minimum Gasteiger partial charge on any atom is -0.467 e. The summed E-state index contributed by atoms with van der Waals surface area (Å²) < 4.78 is 10.3. The van der Waals surface area contributed by atoms with Crippen LogP contribution in [-0.2, 0) is 19.1 Å². The molecule has 0 radical (unpaired) electrons. The second kappa shape index (κ2) is 7.34. The fourth-order valence-electron chi connectivity index (χ4n) is 3.48. The van der Waals surface area contributed by atoms with Gasteiger partial charge in [-0.15, -0.1) is 0 Å². The lowest BCUT2D eigenvalue weighted by atomic mass is 9.91. The van der Waals surface area contributed by atoms with E-state index in [0.29, 0.717) is 17.7 Å². The summed E-state index contributed by atoms with van der Waals surface area (Å²) in [5.41, 5.74) is -0.630. The zero-order valence-electron chi connectivity index (χ0n) is 16.7. The van der Waals surface area contributed by atoms with Crippen molar-refractivity contribution in [1.29, 1.82) is 0 Å². The number of ether oxygens (including phenoxy) is 2. The Hall–Kier alpha value is -3.17. The van der Waals surface area contributed by atoms with Crippen molar-refractivity contribution in [2.24, 2.45) is 5.16 Å². The average Bonchev–Trinajstić information content (AvgIpc) is 3.24. The maximum atomic E-state index is 12.6. The summed E-state index contributed by atoms with van der Waals surface area (Å²) in [7, 11) is 1.25. The summed E-state index contributed by atoms with van der Waals surface area (Å²) in [5.74, 6) is -0.569. The van der Waals surface area contributed by atoms with Crippen LogP contribution >= 0.6 is 0 Å². The highest BCUT2D eigenvalue weighted by molar-refractivity contribution is 6.02. The van der Waals surface area contributed by atoms with Gasteiger partial charge in [-0.1, -0.05) is 17.3 Å². The monoisotopic (exact) mass is 405 g/mol. The molecule has 0 saturated carbocycles. The molecule has 1 fully saturated rings. The summed E-state index contributed by atoms with van der Waals surface area (Å²) in [4.78, 5) is 42.4. The Morgan fingerprint density at radius 3 is 2.72 bits per heavy atom. The molecule has 0 unspecified atom stereocenters. The summed E-state index contributed by atoms with van der Waals surface area (Å²) in [6.07, 6.45) is -0.167. The first-order chi connectivity index (χ1) is 13.5. The highest BCUT2D eigenvalue weighted by Gasteiger charge is 2.55. The van der Waals surface area contributed by atoms with Crippen LogP contribution in [0.2, 0.25) is 0 Å². The number of esters is 1. The molecule has 2 atom stereocenters. The smallest absolute Gasteiger partial charge is 0.411 e. The van der Waals surface area contributed by atoms with Gasteiger partial charge in [0.15, 0.2) is 5.60 Å². The molecule has 2 aliphatic rings. The molecule has 0 N–H and O–H groups in total. The van der Waals surface area contributed by atoms with E-state index in [0.717, 1.165) is 0 Å². The topological polar surface area (TPSA) is 121 Å². The predicted octanol–water partition coefficient (Wildman–Crippen LogP) is 2.64. The standard InChI is InChI=1S/C19H23N3O7/c1-18(2,3)28-17(24)21-11-19(10-15(21)16(23)27-4)9-14(20-29-19)12-6-5-7-13(8-12)22(25)26/h5-8,15H,9-11H2,1-4H3/t15-,19+/m0/s1. The van der Waals surface area contributed by atoms with E-state index in [1.165, 1.54) is 24.1 Å². The lowest BCUT2D eigenvalue weighted by Gasteiger charge is -2.27. The number of non-ortho nitro benzene ring substituents is 1. The number of likely N-dealkylation sites (tertiary alicyclic amines) is 1. The predicted molar refractivity (Wildman–Crippen MR) is 101 cm³/mol. The van der Waals surface area contributed by atoms with E-state index in [9.17, 15) is 19.7 Å². The van der Waals surface area contributed by atoms with Gasteiger partial charge in [0.1, 0.15) is 11.6 Å². The number of hydrogen-bond donors (Lipinski definition) is 0. The lowest BCUT2D eigenvalue weighted by molar-refractivity contribution is -0.384. The molecule has 1 amide bonds. The molecular formula is C19H23N3O7. The first-order valence-electron chi connectivity index (χ1n) is 9.11. The van der Waals surface area contributed by atoms with Crippen LogP contribution in [0.5, 0.6) is 0 Å². The van der Waals surface area contributed by atoms with Crippen LogP contribution in [0.25, 0.3) is 0 Å². The molecule has 156 valence electrons. The highest BCUT2D eigenvalue weighted by Crippen LogP contribution is 2.39. The van der Waals surface area contributed by atoms with Crippen LogP contribution in [0, 0.1) is 10.1 Å². The van der Waals surface area contributed by atoms with Crippen LogP contribution in [0.15, 0.2) is 29.4 Å². The average molecular weight is 405 g/mol. The first kappa shape index (κ1) is 20.6. The third-order valence-corrected chi connectivity index (χ3v) is 4.73. The number of nitro groups is 1. The molecule has 1 aromatic rings. The van der Waals surface area contributed by atoms with Crippen molar-refractivity contribution in [2.75, 3.05) is 13.7 Å². The van der Waals surface area contributed by atoms with Crippen molar-refractivity contribution < 1.29 is 28.8 Å². The number of methoxy groups -OCH3 is 1. The molecule has 1 saturated heterocycles. The Bertz CT molecular complexity index is 877. The largest absolute Gasteiger partial charge is 0.467 e. The van der Waals surface area contributed by atoms with Crippen molar-refractivity contribution in [3.05, 3.63) is 39.9 Å². The minimum atomic E-state index is -0.921. The Kier molecular flexibility index (Phi) is 5.20. The van der Waals surface area contributed by atoms with Crippen LogP contribution in [0.1, 0.15) is 39.2 Å². The maximum absolute atomic E-state index is 12.6. The summed E-state index contributed by atoms with van der Waals surface area (Å²) in [6, 6.07) is 5.21. The van der Waals surface area contributed by atoms with Crippen molar-refractivity contribution in [3.8, 4) is 0 Å². The molecule has 1 aromatic carbocycles. The van der Waals surface area contributed by atoms with Crippen molar-refractivity contribution in [3.63, 3.8) is 0 Å². The van der Waals surface area contributed by atoms with Gasteiger partial charge in [-0.2, -0.15) is 0 Å². The van der Waals surface area contributed by atoms with E-state index in [1.54, 1.807) is 32.9 Å². The Morgan fingerprint density at radius 2 is 2.10 bits per heavy atom. The van der Waals surface area contributed by atoms with Crippen molar-refractivity contribution in [1.82, 2.24) is 4.90 Å². The van der Waals surface area contributed by atoms with Crippen LogP contribution in [0.3, 0.4) is 0 Å². The molecule has 0 aliphatic carbocycles. The zero-order valence-corrected chi connectivity index (χ0v) is 16.7. The van der Waals surface area contributed by atoms with Crippen LogP contribution in [-0.4, -0.2) is 58.5 Å². The summed E-state index contributed by atoms with van der Waals surface area (Å²) >= 11 is 0. The Labute approximate surface area is 167 Å². The molecule has 10 heteroatoms. The summed E-state index contributed by atoms with van der Waals surface area (Å²) in [5, 5.41) is 15.1. The molecule has 1 spiro atoms. The number of benzene rings is 1. The van der Waals surface area contributed by atoms with Gasteiger partial charge < -0.3 is 14.3 Å². The molecule has 2 heterocycles. The summed E-state index contributed by atoms with van der Waals surface area (Å²) in [6.45, 7) is 5.29. The molecular weight excluding hydrogens is 382 g/mol. The van der Waals surface area contributed by atoms with E-state index in [-0.39, 0.29) is 18.7 Å². The molecule has 10 nitrogen and oxygen atoms in total. The molecule has 0 aromatic heterocycles. The van der Waals surface area contributed by atoms with E-state index in [1.807, 2.05) is 0 Å². The Morgan fingerprint density at radius 1 is 1.38 bits per heavy atom. The fourth-order valence-corrected chi connectivity index (χ4v) is 3.48. The third kappa shape index (κ3) is 4.30. The quantitative estimate of drug-likeness (QED) is 0.430. The van der Waals surface area contributed by atoms with Crippen LogP contribution < -0.4 is 0 Å². The van der Waals surface area contributed by atoms with Crippen molar-refractivity contribution in [2.45, 2.75) is 50.9 Å². The van der Waals surface area contributed by atoms with Gasteiger partial charge >= 0.3 is 12.1 Å². The van der Waals surface area contributed by atoms with Gasteiger partial charge in [0.05, 0.1) is 24.3 Å². The van der Waals surface area contributed by atoms with Crippen molar-refractivity contribution >= 4 is 23.5 Å². The first-order valence-corrected chi connectivity index (χ1v) is 9.11. The number of rotatable bonds is 3. The van der Waals surface area contributed by atoms with Crippen LogP contribution in [0.4, 0.5) is 10.5 Å². The van der Waals surface area contributed by atoms with Gasteiger partial charge in [0.25, 0.3) is 5.69 Å². The van der Waals surface area contributed by atoms with Gasteiger partial charge in [-0.05, 0) is 20.8 Å². The Balaban J connectivity index is 1.81. The van der Waals surface area contributed by atoms with Gasteiger partial charge in [0.2, 0.25) is 0 Å². The van der Waals surface area contributed by atoms with Gasteiger partial charge in [-0.3, -0.25) is 15.0 Å². The molecule has 2 aliphatic heterocycles. The number of carbonyl (C=O) groups is 2. The number of oxime groups is 1. The molecule has 3 rings (SSSR count). The van der Waals surface area contributed by atoms with E-state index in [2.05, 4.69) is 5.16 Å². The minimum absolute atomic E-state index is 0.0552. The number of carbonyl (C=O) groups excluding carboxylic acids is 2. The van der Waals surface area contributed by atoms with Gasteiger partial charge in [0, 0.05) is 30.5 Å². The van der Waals surface area contributed by atoms with E-state index < -0.39 is 34.2 Å². The number of amides is 1. The normalized spacial score (nSPS) is 23.5. The third-order valence-electron chi connectivity index (χ3n) is 4.73. The second-order valence-electron chi connectivity index (χ2n) is 8.15. The van der Waals surface area contributed by atoms with Gasteiger partial charge in [-0.25, -0.2) is 9.59 Å². The molecule has 29 heavy (non-hydrogen) atoms. The number of nitro benzene ring substituents is 1. The highest BCUT2D eigenvalue weighted by atomic mass is 16.7.